The van der Waals surface area contributed by atoms with E-state index in [1.807, 2.05) is 12.2 Å². The largest absolute Gasteiger partial charge is 0.399 e. The molecule has 0 heterocycles. The molecule has 0 saturated heterocycles. The third-order valence-corrected chi connectivity index (χ3v) is 6.08. The summed E-state index contributed by atoms with van der Waals surface area (Å²) in [6.45, 7) is 0. The van der Waals surface area contributed by atoms with Crippen LogP contribution in [-0.2, 0) is 4.18 Å². The topological polar surface area (TPSA) is 141 Å². The minimum absolute atomic E-state index is 0.278. The van der Waals surface area contributed by atoms with Crippen LogP contribution in [-0.4, -0.2) is 6.10 Å². The number of rotatable bonds is 8. The first-order valence-corrected chi connectivity index (χ1v) is 11.4. The quantitative estimate of drug-likeness (QED) is 0.363. The highest BCUT2D eigenvalue weighted by atomic mass is 32.3. The van der Waals surface area contributed by atoms with Crippen molar-refractivity contribution in [1.29, 1.82) is 0 Å². The van der Waals surface area contributed by atoms with Crippen molar-refractivity contribution >= 4 is 28.2 Å². The van der Waals surface area contributed by atoms with Gasteiger partial charge in [-0.05, 0) is 85.3 Å². The molecule has 0 amide bonds. The average molecular weight is 465 g/mol. The van der Waals surface area contributed by atoms with Gasteiger partial charge < -0.3 is 35.5 Å². The van der Waals surface area contributed by atoms with Gasteiger partial charge in [-0.2, -0.15) is 0 Å². The number of nitrogen functional groups attached to an aromatic ring is 3. The molecule has 0 aliphatic heterocycles. The molecule has 0 spiro atoms. The Morgan fingerprint density at radius 1 is 0.727 bits per heavy atom. The predicted octanol–water partition coefficient (Wildman–Crippen LogP) is 4.22. The molecule has 0 aromatic heterocycles. The van der Waals surface area contributed by atoms with Crippen LogP contribution >= 0.6 is 11.2 Å². The van der Waals surface area contributed by atoms with Crippen LogP contribution in [0.15, 0.2) is 84.6 Å². The van der Waals surface area contributed by atoms with Crippen molar-refractivity contribution in [1.82, 2.24) is 0 Å². The van der Waals surface area contributed by atoms with Crippen molar-refractivity contribution in [3.8, 4) is 17.2 Å². The summed E-state index contributed by atoms with van der Waals surface area (Å²) in [7, 11) is 0. The lowest BCUT2D eigenvalue weighted by Crippen LogP contribution is -2.28. The number of benzene rings is 2. The van der Waals surface area contributed by atoms with Gasteiger partial charge in [0, 0.05) is 17.1 Å². The van der Waals surface area contributed by atoms with Crippen LogP contribution in [0.3, 0.4) is 0 Å². The van der Waals surface area contributed by atoms with Gasteiger partial charge in [0.1, 0.15) is 17.6 Å². The van der Waals surface area contributed by atoms with Crippen LogP contribution in [0, 0.1) is 12.1 Å². The number of nitrogens with two attached hydrogens (primary N) is 4. The fourth-order valence-electron chi connectivity index (χ4n) is 2.77. The fourth-order valence-corrected chi connectivity index (χ4v) is 4.45. The van der Waals surface area contributed by atoms with Crippen LogP contribution in [0.1, 0.15) is 6.42 Å². The van der Waals surface area contributed by atoms with Gasteiger partial charge in [-0.25, -0.2) is 4.18 Å². The van der Waals surface area contributed by atoms with E-state index in [-0.39, 0.29) is 5.75 Å². The Balaban J connectivity index is 1.72. The minimum atomic E-state index is -3.21. The van der Waals surface area contributed by atoms with Crippen LogP contribution in [0.2, 0.25) is 0 Å². The van der Waals surface area contributed by atoms with Gasteiger partial charge >= 0.3 is 11.2 Å². The van der Waals surface area contributed by atoms with E-state index in [0.717, 1.165) is 0 Å². The Bertz CT molecular complexity index is 1020. The Morgan fingerprint density at radius 2 is 1.33 bits per heavy atom. The van der Waals surface area contributed by atoms with Crippen molar-refractivity contribution in [2.45, 2.75) is 12.5 Å². The van der Waals surface area contributed by atoms with Gasteiger partial charge in [0.25, 0.3) is 0 Å². The van der Waals surface area contributed by atoms with Gasteiger partial charge in [-0.3, -0.25) is 0 Å². The molecule has 8 nitrogen and oxygen atoms in total. The van der Waals surface area contributed by atoms with Crippen LogP contribution < -0.4 is 35.5 Å². The lowest BCUT2D eigenvalue weighted by molar-refractivity contribution is 0.182. The third kappa shape index (κ3) is 5.98. The minimum Gasteiger partial charge on any atom is -0.399 e. The van der Waals surface area contributed by atoms with Gasteiger partial charge in [0.2, 0.25) is 0 Å². The summed E-state index contributed by atoms with van der Waals surface area (Å²) < 4.78 is 25.0. The van der Waals surface area contributed by atoms with Gasteiger partial charge in [0.15, 0.2) is 5.75 Å². The number of hydrogen-bond donors (Lipinski definition) is 4. The SMILES string of the molecule is NC1=CCC(OS(Oc2c#cc(N)cc2)(Oc2ccc(N)cc2)Oc2ccc(N)cc2)C=C1. The second-order valence-electron chi connectivity index (χ2n) is 7.13. The van der Waals surface area contributed by atoms with Crippen molar-refractivity contribution in [3.63, 3.8) is 0 Å². The molecule has 1 aliphatic rings. The summed E-state index contributed by atoms with van der Waals surface area (Å²) in [5.41, 5.74) is 25.5. The average Bonchev–Trinajstić information content (AvgIpc) is 2.80. The summed E-state index contributed by atoms with van der Waals surface area (Å²) in [6.07, 6.45) is 5.51. The lowest BCUT2D eigenvalue weighted by atomic mass is 10.1. The lowest BCUT2D eigenvalue weighted by Gasteiger charge is -2.37. The van der Waals surface area contributed by atoms with Crippen LogP contribution in [0.25, 0.3) is 0 Å². The maximum Gasteiger partial charge on any atom is 0.377 e. The molecule has 0 radical (unpaired) electrons. The van der Waals surface area contributed by atoms with E-state index in [2.05, 4.69) is 12.1 Å². The smallest absolute Gasteiger partial charge is 0.377 e. The zero-order valence-electron chi connectivity index (χ0n) is 17.6. The maximum absolute atomic E-state index is 6.33. The zero-order chi connectivity index (χ0) is 23.3. The second-order valence-corrected chi connectivity index (χ2v) is 8.64. The Labute approximate surface area is 194 Å². The molecule has 0 saturated carbocycles. The Kier molecular flexibility index (Phi) is 6.40. The van der Waals surface area contributed by atoms with Crippen LogP contribution in [0.4, 0.5) is 17.1 Å². The summed E-state index contributed by atoms with van der Waals surface area (Å²) >= 11 is -3.21. The number of anilines is 3. The summed E-state index contributed by atoms with van der Waals surface area (Å²) in [4.78, 5) is 0. The molecule has 1 aliphatic carbocycles. The normalized spacial score (nSPS) is 15.8. The van der Waals surface area contributed by atoms with E-state index in [1.54, 1.807) is 66.7 Å². The van der Waals surface area contributed by atoms with Crippen molar-refractivity contribution < 1.29 is 16.7 Å². The molecule has 1 atom stereocenters. The standard InChI is InChI=1S/C24H24N4O4S/c25-17-1-9-21(10-2-17)29-33(30-22-11-3-18(26)4-12-22,31-23-13-5-19(27)6-14-23)32-24-15-7-20(28)8-16-24/h1-7,9-13,15,23H,14,25-28H2. The van der Waals surface area contributed by atoms with Crippen molar-refractivity contribution in [2.24, 2.45) is 5.73 Å². The second kappa shape index (κ2) is 9.56. The maximum atomic E-state index is 6.33. The van der Waals surface area contributed by atoms with E-state index in [4.69, 9.17) is 39.7 Å². The highest BCUT2D eigenvalue weighted by Crippen LogP contribution is 2.54. The molecule has 0 fully saturated rings. The molecular weight excluding hydrogens is 440 g/mol. The number of allylic oxidation sites excluding steroid dienone is 1. The first-order valence-electron chi connectivity index (χ1n) is 10.0. The molecule has 3 aromatic carbocycles. The first kappa shape index (κ1) is 22.1. The van der Waals surface area contributed by atoms with Gasteiger partial charge in [0.05, 0.1) is 5.69 Å². The van der Waals surface area contributed by atoms with Gasteiger partial charge in [-0.15, -0.1) is 0 Å². The Morgan fingerprint density at radius 3 is 1.82 bits per heavy atom. The van der Waals surface area contributed by atoms with E-state index >= 15 is 0 Å². The summed E-state index contributed by atoms with van der Waals surface area (Å²) in [5.74, 6) is 1.15. The molecule has 3 aromatic rings. The molecule has 170 valence electrons. The number of hydrogen-bond acceptors (Lipinski definition) is 8. The molecule has 4 rings (SSSR count). The van der Waals surface area contributed by atoms with Crippen molar-refractivity contribution in [3.05, 3.63) is 96.7 Å². The molecule has 0 bridgehead atoms. The third-order valence-electron chi connectivity index (χ3n) is 4.42. The highest BCUT2D eigenvalue weighted by Gasteiger charge is 2.38. The van der Waals surface area contributed by atoms with E-state index in [9.17, 15) is 0 Å². The van der Waals surface area contributed by atoms with E-state index < -0.39 is 17.3 Å². The fraction of sp³-hybridized carbons (Fsp3) is 0.0833. The molecule has 1 unspecified atom stereocenters. The monoisotopic (exact) mass is 464 g/mol. The molecule has 33 heavy (non-hydrogen) atoms. The zero-order valence-corrected chi connectivity index (χ0v) is 18.5. The first-order chi connectivity index (χ1) is 15.9. The van der Waals surface area contributed by atoms with Gasteiger partial charge in [-0.1, -0.05) is 12.2 Å². The molecule has 9 heteroatoms. The highest BCUT2D eigenvalue weighted by molar-refractivity contribution is 8.18. The van der Waals surface area contributed by atoms with E-state index in [1.165, 1.54) is 0 Å². The predicted molar refractivity (Wildman–Crippen MR) is 131 cm³/mol. The molecule has 8 N–H and O–H groups in total. The summed E-state index contributed by atoms with van der Waals surface area (Å²) in [6, 6.07) is 22.5. The summed E-state index contributed by atoms with van der Waals surface area (Å²) in [5, 5.41) is 0. The Hall–Kier alpha value is -4.13. The molecular formula is C24H24N4O4S. The van der Waals surface area contributed by atoms with Crippen molar-refractivity contribution in [2.75, 3.05) is 17.2 Å². The van der Waals surface area contributed by atoms with E-state index in [0.29, 0.717) is 40.7 Å². The van der Waals surface area contributed by atoms with Crippen LogP contribution in [0.5, 0.6) is 17.2 Å².